The van der Waals surface area contributed by atoms with Gasteiger partial charge in [0.1, 0.15) is 11.2 Å². The lowest BCUT2D eigenvalue weighted by Crippen LogP contribution is -2.63. The van der Waals surface area contributed by atoms with E-state index in [4.69, 9.17) is 14.2 Å². The highest BCUT2D eigenvalue weighted by molar-refractivity contribution is 5.92. The summed E-state index contributed by atoms with van der Waals surface area (Å²) in [5.74, 6) is -0.201. The van der Waals surface area contributed by atoms with E-state index in [0.29, 0.717) is 19.3 Å². The monoisotopic (exact) mass is 414 g/mol. The molecule has 5 fully saturated rings. The largest absolute Gasteiger partial charge is 0.469 e. The lowest BCUT2D eigenvalue weighted by Gasteiger charge is -2.58. The van der Waals surface area contributed by atoms with Gasteiger partial charge >= 0.3 is 11.9 Å². The van der Waals surface area contributed by atoms with Gasteiger partial charge in [0.15, 0.2) is 5.78 Å². The number of ketones is 1. The van der Waals surface area contributed by atoms with Crippen molar-refractivity contribution in [2.45, 2.75) is 82.5 Å². The smallest absolute Gasteiger partial charge is 0.309 e. The second kappa shape index (κ2) is 5.56. The van der Waals surface area contributed by atoms with Crippen molar-refractivity contribution >= 4 is 17.7 Å². The van der Waals surface area contributed by atoms with Crippen molar-refractivity contribution in [1.82, 2.24) is 0 Å². The second-order valence-corrected chi connectivity index (χ2v) is 11.0. The van der Waals surface area contributed by atoms with Crippen molar-refractivity contribution < 1.29 is 28.6 Å². The molecular formula is C24H30O6. The molecule has 30 heavy (non-hydrogen) atoms. The molecule has 2 spiro atoms. The number of fused-ring (bicyclic) bond motifs is 4. The Balaban J connectivity index is 1.49. The van der Waals surface area contributed by atoms with Gasteiger partial charge in [-0.1, -0.05) is 19.4 Å². The third-order valence-corrected chi connectivity index (χ3v) is 10.2. The summed E-state index contributed by atoms with van der Waals surface area (Å²) in [6.07, 6.45) is 7.61. The zero-order chi connectivity index (χ0) is 21.1. The van der Waals surface area contributed by atoms with Crippen molar-refractivity contribution in [3.05, 3.63) is 11.6 Å². The maximum absolute atomic E-state index is 13.0. The average molecular weight is 414 g/mol. The fourth-order valence-corrected chi connectivity index (χ4v) is 8.69. The Kier molecular flexibility index (Phi) is 3.53. The Labute approximate surface area is 176 Å². The van der Waals surface area contributed by atoms with E-state index in [1.165, 1.54) is 7.11 Å². The Morgan fingerprint density at radius 3 is 2.67 bits per heavy atom. The standard InChI is InChI=1S/C24H30O6/c1-21-7-4-14(25)10-13(21)11-15(20(27)28-3)19-16-5-8-23(9-6-18(26)30-23)22(16,2)12-17-24(19,21)29-17/h10,15-17,19H,4-9,11-12H2,1-3H3/t15-,16+,17-,19?,21+,22+,23-,24-/m1/s1. The fourth-order valence-electron chi connectivity index (χ4n) is 8.69. The normalized spacial score (nSPS) is 53.2. The number of hydrogen-bond donors (Lipinski definition) is 0. The number of epoxide rings is 1. The van der Waals surface area contributed by atoms with Crippen LogP contribution in [-0.4, -0.2) is 42.1 Å². The number of carbonyl (C=O) groups is 3. The molecule has 0 aromatic heterocycles. The zero-order valence-electron chi connectivity index (χ0n) is 18.0. The molecule has 0 aromatic rings. The first-order chi connectivity index (χ1) is 14.2. The molecule has 0 amide bonds. The third kappa shape index (κ3) is 1.94. The van der Waals surface area contributed by atoms with Crippen molar-refractivity contribution in [2.24, 2.45) is 28.6 Å². The van der Waals surface area contributed by atoms with E-state index in [9.17, 15) is 14.4 Å². The topological polar surface area (TPSA) is 82.2 Å². The molecule has 6 heteroatoms. The maximum atomic E-state index is 13.0. The highest BCUT2D eigenvalue weighted by Crippen LogP contribution is 2.78. The summed E-state index contributed by atoms with van der Waals surface area (Å²) < 4.78 is 17.9. The highest BCUT2D eigenvalue weighted by atomic mass is 16.6. The lowest BCUT2D eigenvalue weighted by molar-refractivity contribution is -0.172. The second-order valence-electron chi connectivity index (χ2n) is 11.0. The fraction of sp³-hybridized carbons (Fsp3) is 0.792. The van der Waals surface area contributed by atoms with E-state index in [2.05, 4.69) is 13.8 Å². The minimum absolute atomic E-state index is 0.0303. The highest BCUT2D eigenvalue weighted by Gasteiger charge is 2.83. The first kappa shape index (κ1) is 19.0. The molecule has 2 aliphatic heterocycles. The van der Waals surface area contributed by atoms with Crippen LogP contribution in [0, 0.1) is 28.6 Å². The van der Waals surface area contributed by atoms with Crippen LogP contribution < -0.4 is 0 Å². The molecule has 6 rings (SSSR count). The van der Waals surface area contributed by atoms with Gasteiger partial charge in [-0.25, -0.2) is 0 Å². The minimum atomic E-state index is -0.424. The molecule has 0 radical (unpaired) electrons. The number of esters is 2. The van der Waals surface area contributed by atoms with Gasteiger partial charge in [-0.15, -0.1) is 0 Å². The van der Waals surface area contributed by atoms with Crippen LogP contribution in [0.25, 0.3) is 0 Å². The molecule has 0 bridgehead atoms. The van der Waals surface area contributed by atoms with Gasteiger partial charge < -0.3 is 14.2 Å². The Morgan fingerprint density at radius 2 is 1.97 bits per heavy atom. The summed E-state index contributed by atoms with van der Waals surface area (Å²) in [6, 6.07) is 0. The predicted octanol–water partition coefficient (Wildman–Crippen LogP) is 3.12. The Morgan fingerprint density at radius 1 is 1.17 bits per heavy atom. The summed E-state index contributed by atoms with van der Waals surface area (Å²) in [6.45, 7) is 4.51. The van der Waals surface area contributed by atoms with E-state index in [0.717, 1.165) is 37.7 Å². The molecule has 1 unspecified atom stereocenters. The van der Waals surface area contributed by atoms with E-state index in [1.54, 1.807) is 6.08 Å². The first-order valence-electron chi connectivity index (χ1n) is 11.4. The molecule has 3 saturated carbocycles. The quantitative estimate of drug-likeness (QED) is 0.484. The van der Waals surface area contributed by atoms with Crippen LogP contribution in [0.2, 0.25) is 0 Å². The van der Waals surface area contributed by atoms with E-state index < -0.39 is 11.2 Å². The summed E-state index contributed by atoms with van der Waals surface area (Å²) in [5, 5.41) is 0. The van der Waals surface area contributed by atoms with Crippen LogP contribution in [0.5, 0.6) is 0 Å². The van der Waals surface area contributed by atoms with Crippen molar-refractivity contribution in [3.8, 4) is 0 Å². The summed E-state index contributed by atoms with van der Waals surface area (Å²) in [7, 11) is 1.45. The Hall–Kier alpha value is -1.69. The summed E-state index contributed by atoms with van der Waals surface area (Å²) in [4.78, 5) is 37.4. The molecule has 162 valence electrons. The molecule has 4 aliphatic carbocycles. The minimum Gasteiger partial charge on any atom is -0.469 e. The molecular weight excluding hydrogens is 384 g/mol. The van der Waals surface area contributed by atoms with Gasteiger partial charge in [0.25, 0.3) is 0 Å². The number of methoxy groups -OCH3 is 1. The van der Waals surface area contributed by atoms with Crippen molar-refractivity contribution in [2.75, 3.05) is 7.11 Å². The molecule has 2 saturated heterocycles. The van der Waals surface area contributed by atoms with Crippen LogP contribution in [0.4, 0.5) is 0 Å². The molecule has 6 nitrogen and oxygen atoms in total. The average Bonchev–Trinajstić information content (AvgIpc) is 3.20. The number of carbonyl (C=O) groups excluding carboxylic acids is 3. The van der Waals surface area contributed by atoms with Gasteiger partial charge in [0.05, 0.1) is 19.1 Å². The van der Waals surface area contributed by atoms with Crippen LogP contribution in [0.3, 0.4) is 0 Å². The predicted molar refractivity (Wildman–Crippen MR) is 105 cm³/mol. The number of hydrogen-bond acceptors (Lipinski definition) is 6. The number of ether oxygens (including phenoxy) is 3. The van der Waals surface area contributed by atoms with Crippen molar-refractivity contribution in [3.63, 3.8) is 0 Å². The lowest BCUT2D eigenvalue weighted by atomic mass is 9.43. The first-order valence-corrected chi connectivity index (χ1v) is 11.4. The van der Waals surface area contributed by atoms with Gasteiger partial charge in [-0.05, 0) is 50.5 Å². The molecule has 0 aromatic carbocycles. The van der Waals surface area contributed by atoms with Crippen LogP contribution >= 0.6 is 0 Å². The van der Waals surface area contributed by atoms with E-state index in [-0.39, 0.29) is 52.4 Å². The van der Waals surface area contributed by atoms with E-state index >= 15 is 0 Å². The summed E-state index contributed by atoms with van der Waals surface area (Å²) >= 11 is 0. The Bertz CT molecular complexity index is 907. The zero-order valence-corrected chi connectivity index (χ0v) is 18.0. The van der Waals surface area contributed by atoms with Gasteiger partial charge in [-0.3, -0.25) is 14.4 Å². The molecule has 8 atom stereocenters. The SMILES string of the molecule is COC(=O)[C@@H]1CC2=CC(=O)CC[C@]2(C)[C@@]23O[C@@H]2C[C@@]2(C)[C@@H](CC[C@@]24CCC(=O)O4)C13. The van der Waals surface area contributed by atoms with Gasteiger partial charge in [0.2, 0.25) is 0 Å². The van der Waals surface area contributed by atoms with Crippen LogP contribution in [0.15, 0.2) is 11.6 Å². The van der Waals surface area contributed by atoms with Crippen LogP contribution in [0.1, 0.15) is 65.2 Å². The maximum Gasteiger partial charge on any atom is 0.309 e. The summed E-state index contributed by atoms with van der Waals surface area (Å²) in [5.41, 5.74) is -0.175. The molecule has 6 aliphatic rings. The molecule has 2 heterocycles. The van der Waals surface area contributed by atoms with E-state index in [1.807, 2.05) is 0 Å². The number of rotatable bonds is 1. The van der Waals surface area contributed by atoms with Crippen LogP contribution in [-0.2, 0) is 28.6 Å². The van der Waals surface area contributed by atoms with Gasteiger partial charge in [-0.2, -0.15) is 0 Å². The van der Waals surface area contributed by atoms with Gasteiger partial charge in [0, 0.05) is 29.6 Å². The molecule has 0 N–H and O–H groups in total. The third-order valence-electron chi connectivity index (χ3n) is 10.2. The van der Waals surface area contributed by atoms with Crippen molar-refractivity contribution in [1.29, 1.82) is 0 Å².